The van der Waals surface area contributed by atoms with Crippen LogP contribution in [-0.4, -0.2) is 16.8 Å². The molecule has 3 rings (SSSR count). The SMILES string of the molecule is CC1C(c2ccccc2)N=C2C=CC=CC2C1C(=O)O. The lowest BCUT2D eigenvalue weighted by Crippen LogP contribution is -2.39. The Morgan fingerprint density at radius 2 is 1.95 bits per heavy atom. The predicted molar refractivity (Wildman–Crippen MR) is 78.7 cm³/mol. The fraction of sp³-hybridized carbons (Fsp3) is 0.294. The van der Waals surface area contributed by atoms with Gasteiger partial charge in [-0.3, -0.25) is 9.79 Å². The van der Waals surface area contributed by atoms with E-state index in [1.54, 1.807) is 0 Å². The highest BCUT2D eigenvalue weighted by Crippen LogP contribution is 2.41. The number of benzene rings is 1. The van der Waals surface area contributed by atoms with E-state index >= 15 is 0 Å². The van der Waals surface area contributed by atoms with Gasteiger partial charge in [0.05, 0.1) is 12.0 Å². The van der Waals surface area contributed by atoms with Crippen LogP contribution in [0.2, 0.25) is 0 Å². The Balaban J connectivity index is 2.06. The van der Waals surface area contributed by atoms with E-state index in [0.29, 0.717) is 0 Å². The zero-order valence-electron chi connectivity index (χ0n) is 11.3. The maximum Gasteiger partial charge on any atom is 0.307 e. The van der Waals surface area contributed by atoms with E-state index in [2.05, 4.69) is 0 Å². The number of nitrogens with zero attached hydrogens (tertiary/aromatic N) is 1. The second kappa shape index (κ2) is 5.08. The number of fused-ring (bicyclic) bond motifs is 1. The maximum atomic E-state index is 11.7. The number of rotatable bonds is 2. The van der Waals surface area contributed by atoms with E-state index in [0.717, 1.165) is 11.3 Å². The Morgan fingerprint density at radius 1 is 1.20 bits per heavy atom. The molecule has 0 aromatic heterocycles. The van der Waals surface area contributed by atoms with E-state index in [1.807, 2.05) is 61.6 Å². The summed E-state index contributed by atoms with van der Waals surface area (Å²) < 4.78 is 0. The predicted octanol–water partition coefficient (Wildman–Crippen LogP) is 3.26. The molecule has 2 aliphatic rings. The number of aliphatic imine (C=N–C) groups is 1. The molecule has 3 heteroatoms. The van der Waals surface area contributed by atoms with Crippen LogP contribution in [0, 0.1) is 17.8 Å². The summed E-state index contributed by atoms with van der Waals surface area (Å²) in [6, 6.07) is 9.87. The third-order valence-electron chi connectivity index (χ3n) is 4.20. The largest absolute Gasteiger partial charge is 0.481 e. The molecule has 0 saturated carbocycles. The van der Waals surface area contributed by atoms with Gasteiger partial charge in [-0.05, 0) is 17.6 Å². The first-order valence-corrected chi connectivity index (χ1v) is 6.89. The van der Waals surface area contributed by atoms with Crippen LogP contribution >= 0.6 is 0 Å². The smallest absolute Gasteiger partial charge is 0.307 e. The second-order valence-electron chi connectivity index (χ2n) is 5.40. The minimum atomic E-state index is -0.740. The molecule has 102 valence electrons. The van der Waals surface area contributed by atoms with Crippen molar-refractivity contribution in [3.05, 3.63) is 60.2 Å². The van der Waals surface area contributed by atoms with Crippen molar-refractivity contribution in [3.63, 3.8) is 0 Å². The van der Waals surface area contributed by atoms with Crippen LogP contribution in [-0.2, 0) is 4.79 Å². The van der Waals surface area contributed by atoms with Crippen molar-refractivity contribution in [2.24, 2.45) is 22.7 Å². The number of carbonyl (C=O) groups is 1. The molecule has 0 amide bonds. The monoisotopic (exact) mass is 267 g/mol. The van der Waals surface area contributed by atoms with Gasteiger partial charge in [0, 0.05) is 11.6 Å². The van der Waals surface area contributed by atoms with E-state index < -0.39 is 11.9 Å². The molecule has 3 nitrogen and oxygen atoms in total. The number of carboxylic acid groups (broad SMARTS) is 1. The van der Waals surface area contributed by atoms with Crippen molar-refractivity contribution in [3.8, 4) is 0 Å². The highest BCUT2D eigenvalue weighted by molar-refractivity contribution is 6.02. The van der Waals surface area contributed by atoms with Gasteiger partial charge in [-0.2, -0.15) is 0 Å². The second-order valence-corrected chi connectivity index (χ2v) is 5.40. The molecular weight excluding hydrogens is 250 g/mol. The third kappa shape index (κ3) is 2.09. The van der Waals surface area contributed by atoms with Crippen molar-refractivity contribution in [2.45, 2.75) is 13.0 Å². The summed E-state index contributed by atoms with van der Waals surface area (Å²) in [4.78, 5) is 16.5. The van der Waals surface area contributed by atoms with Crippen molar-refractivity contribution < 1.29 is 9.90 Å². The molecular formula is C17H17NO2. The number of hydrogen-bond acceptors (Lipinski definition) is 2. The molecule has 1 aromatic rings. The molecule has 1 aliphatic carbocycles. The number of hydrogen-bond donors (Lipinski definition) is 1. The Hall–Kier alpha value is -2.16. The number of carboxylic acids is 1. The Labute approximate surface area is 118 Å². The molecule has 1 aromatic carbocycles. The van der Waals surface area contributed by atoms with Crippen LogP contribution in [0.3, 0.4) is 0 Å². The fourth-order valence-corrected chi connectivity index (χ4v) is 3.19. The van der Waals surface area contributed by atoms with Gasteiger partial charge >= 0.3 is 5.97 Å². The lowest BCUT2D eigenvalue weighted by molar-refractivity contribution is -0.144. The van der Waals surface area contributed by atoms with Gasteiger partial charge in [0.2, 0.25) is 0 Å². The van der Waals surface area contributed by atoms with Gasteiger partial charge in [-0.25, -0.2) is 0 Å². The molecule has 0 bridgehead atoms. The topological polar surface area (TPSA) is 49.7 Å². The van der Waals surface area contributed by atoms with Gasteiger partial charge in [-0.1, -0.05) is 55.5 Å². The average Bonchev–Trinajstić information content (AvgIpc) is 2.47. The number of aliphatic carboxylic acids is 1. The zero-order chi connectivity index (χ0) is 14.1. The lowest BCUT2D eigenvalue weighted by atomic mass is 9.71. The highest BCUT2D eigenvalue weighted by atomic mass is 16.4. The van der Waals surface area contributed by atoms with E-state index in [-0.39, 0.29) is 17.9 Å². The van der Waals surface area contributed by atoms with E-state index in [4.69, 9.17) is 4.99 Å². The summed E-state index contributed by atoms with van der Waals surface area (Å²) in [5, 5.41) is 9.60. The molecule has 0 spiro atoms. The third-order valence-corrected chi connectivity index (χ3v) is 4.20. The summed E-state index contributed by atoms with van der Waals surface area (Å²) >= 11 is 0. The molecule has 1 N–H and O–H groups in total. The molecule has 0 fully saturated rings. The van der Waals surface area contributed by atoms with Crippen LogP contribution in [0.4, 0.5) is 0 Å². The maximum absolute atomic E-state index is 11.7. The van der Waals surface area contributed by atoms with Crippen LogP contribution in [0.25, 0.3) is 0 Å². The summed E-state index contributed by atoms with van der Waals surface area (Å²) in [6.07, 6.45) is 7.72. The minimum absolute atomic E-state index is 0.0280. The summed E-state index contributed by atoms with van der Waals surface area (Å²) in [5.41, 5.74) is 1.96. The van der Waals surface area contributed by atoms with Crippen LogP contribution in [0.1, 0.15) is 18.5 Å². The molecule has 4 atom stereocenters. The van der Waals surface area contributed by atoms with E-state index in [1.165, 1.54) is 0 Å². The standard InChI is InChI=1S/C17H17NO2/c1-11-15(17(19)20)13-9-5-6-10-14(13)18-16(11)12-7-3-2-4-8-12/h2-11,13,15-16H,1H3,(H,19,20). The van der Waals surface area contributed by atoms with Crippen LogP contribution in [0.15, 0.2) is 59.6 Å². The van der Waals surface area contributed by atoms with Crippen LogP contribution in [0.5, 0.6) is 0 Å². The molecule has 0 radical (unpaired) electrons. The Morgan fingerprint density at radius 3 is 2.65 bits per heavy atom. The number of allylic oxidation sites excluding steroid dienone is 4. The first-order chi connectivity index (χ1) is 9.68. The molecule has 1 heterocycles. The quantitative estimate of drug-likeness (QED) is 0.894. The van der Waals surface area contributed by atoms with Crippen LogP contribution < -0.4 is 0 Å². The lowest BCUT2D eigenvalue weighted by Gasteiger charge is -2.37. The van der Waals surface area contributed by atoms with Gasteiger partial charge in [-0.15, -0.1) is 0 Å². The molecule has 0 saturated heterocycles. The van der Waals surface area contributed by atoms with Crippen molar-refractivity contribution in [2.75, 3.05) is 0 Å². The van der Waals surface area contributed by atoms with Gasteiger partial charge in [0.25, 0.3) is 0 Å². The Bertz CT molecular complexity index is 601. The molecule has 20 heavy (non-hydrogen) atoms. The molecule has 1 aliphatic heterocycles. The van der Waals surface area contributed by atoms with Crippen molar-refractivity contribution >= 4 is 11.7 Å². The Kier molecular flexibility index (Phi) is 3.26. The highest BCUT2D eigenvalue weighted by Gasteiger charge is 2.42. The summed E-state index contributed by atoms with van der Waals surface area (Å²) in [6.45, 7) is 1.99. The molecule has 4 unspecified atom stereocenters. The van der Waals surface area contributed by atoms with Gasteiger partial charge in [0.15, 0.2) is 0 Å². The first-order valence-electron chi connectivity index (χ1n) is 6.89. The zero-order valence-corrected chi connectivity index (χ0v) is 11.3. The van der Waals surface area contributed by atoms with Gasteiger partial charge in [0.1, 0.15) is 0 Å². The average molecular weight is 267 g/mol. The van der Waals surface area contributed by atoms with Crippen molar-refractivity contribution in [1.29, 1.82) is 0 Å². The fourth-order valence-electron chi connectivity index (χ4n) is 3.19. The first kappa shape index (κ1) is 12.9. The normalized spacial score (nSPS) is 31.6. The van der Waals surface area contributed by atoms with Gasteiger partial charge < -0.3 is 5.11 Å². The summed E-state index contributed by atoms with van der Waals surface area (Å²) in [7, 11) is 0. The minimum Gasteiger partial charge on any atom is -0.481 e. The summed E-state index contributed by atoms with van der Waals surface area (Å²) in [5.74, 6) is -1.29. The van der Waals surface area contributed by atoms with E-state index in [9.17, 15) is 9.90 Å². The van der Waals surface area contributed by atoms with Crippen molar-refractivity contribution in [1.82, 2.24) is 0 Å².